The summed E-state index contributed by atoms with van der Waals surface area (Å²) in [5, 5.41) is 0. The lowest BCUT2D eigenvalue weighted by Crippen LogP contribution is -2.20. The van der Waals surface area contributed by atoms with E-state index >= 15 is 0 Å². The molecular weight excluding hydrogens is 278 g/mol. The summed E-state index contributed by atoms with van der Waals surface area (Å²) >= 11 is 4.98. The summed E-state index contributed by atoms with van der Waals surface area (Å²) in [6.45, 7) is 0.694. The third-order valence-corrected chi connectivity index (χ3v) is 3.68. The number of hydrogen-bond donors (Lipinski definition) is 1. The summed E-state index contributed by atoms with van der Waals surface area (Å²) in [6.07, 6.45) is 0.809. The Hall–Kier alpha value is -2.01. The molecule has 2 aromatic rings. The fraction of sp³-hybridized carbons (Fsp3) is 0.133. The van der Waals surface area contributed by atoms with Crippen LogP contribution in [-0.2, 0) is 6.42 Å². The highest BCUT2D eigenvalue weighted by Crippen LogP contribution is 2.36. The van der Waals surface area contributed by atoms with Gasteiger partial charge in [-0.2, -0.15) is 0 Å². The van der Waals surface area contributed by atoms with Gasteiger partial charge in [0.1, 0.15) is 16.6 Å². The third-order valence-electron chi connectivity index (χ3n) is 3.46. The number of halogens is 2. The van der Waals surface area contributed by atoms with E-state index in [1.165, 1.54) is 24.3 Å². The van der Waals surface area contributed by atoms with Gasteiger partial charge in [0.05, 0.1) is 5.69 Å². The van der Waals surface area contributed by atoms with Crippen molar-refractivity contribution in [2.24, 2.45) is 5.73 Å². The van der Waals surface area contributed by atoms with Crippen molar-refractivity contribution in [2.75, 3.05) is 11.4 Å². The van der Waals surface area contributed by atoms with Gasteiger partial charge in [-0.1, -0.05) is 18.3 Å². The van der Waals surface area contributed by atoms with Gasteiger partial charge in [-0.25, -0.2) is 8.78 Å². The minimum Gasteiger partial charge on any atom is -0.389 e. The molecule has 102 valence electrons. The van der Waals surface area contributed by atoms with Crippen molar-refractivity contribution in [3.05, 3.63) is 59.2 Å². The minimum absolute atomic E-state index is 0.129. The number of rotatable bonds is 2. The Morgan fingerprint density at radius 2 is 1.75 bits per heavy atom. The number of thiocarbonyl (C=S) groups is 1. The van der Waals surface area contributed by atoms with Crippen molar-refractivity contribution >= 4 is 28.6 Å². The molecule has 2 aromatic carbocycles. The summed E-state index contributed by atoms with van der Waals surface area (Å²) in [4.78, 5) is 2.05. The van der Waals surface area contributed by atoms with Crippen LogP contribution in [0.5, 0.6) is 0 Å². The van der Waals surface area contributed by atoms with E-state index in [9.17, 15) is 8.78 Å². The van der Waals surface area contributed by atoms with E-state index in [2.05, 4.69) is 0 Å². The zero-order chi connectivity index (χ0) is 14.3. The fourth-order valence-corrected chi connectivity index (χ4v) is 2.71. The lowest BCUT2D eigenvalue weighted by atomic mass is 10.1. The summed E-state index contributed by atoms with van der Waals surface area (Å²) in [5.41, 5.74) is 8.69. The van der Waals surface area contributed by atoms with Crippen molar-refractivity contribution in [1.82, 2.24) is 0 Å². The molecule has 2 N–H and O–H groups in total. The monoisotopic (exact) mass is 290 g/mol. The average molecular weight is 290 g/mol. The van der Waals surface area contributed by atoms with Crippen LogP contribution in [0, 0.1) is 11.6 Å². The molecule has 0 saturated heterocycles. The zero-order valence-corrected chi connectivity index (χ0v) is 11.4. The molecule has 2 nitrogen and oxygen atoms in total. The largest absolute Gasteiger partial charge is 0.389 e. The summed E-state index contributed by atoms with van der Waals surface area (Å²) in [5.74, 6) is -0.690. The molecule has 5 heteroatoms. The van der Waals surface area contributed by atoms with E-state index in [4.69, 9.17) is 18.0 Å². The van der Waals surface area contributed by atoms with Crippen LogP contribution in [0.4, 0.5) is 20.2 Å². The van der Waals surface area contributed by atoms with Crippen molar-refractivity contribution < 1.29 is 8.78 Å². The molecule has 0 amide bonds. The summed E-state index contributed by atoms with van der Waals surface area (Å²) < 4.78 is 26.8. The molecule has 0 atom stereocenters. The maximum Gasteiger partial charge on any atom is 0.125 e. The number of anilines is 2. The second-order valence-corrected chi connectivity index (χ2v) is 5.14. The van der Waals surface area contributed by atoms with Crippen LogP contribution in [0.25, 0.3) is 0 Å². The lowest BCUT2D eigenvalue weighted by molar-refractivity contribution is 0.626. The van der Waals surface area contributed by atoms with Gasteiger partial charge >= 0.3 is 0 Å². The fourth-order valence-electron chi connectivity index (χ4n) is 2.54. The van der Waals surface area contributed by atoms with Crippen LogP contribution in [0.15, 0.2) is 36.4 Å². The second kappa shape index (κ2) is 4.83. The third kappa shape index (κ3) is 2.14. The SMILES string of the molecule is NC(=S)c1cc(F)ccc1N1CCc2ccc(F)cc21. The number of benzene rings is 2. The van der Waals surface area contributed by atoms with Gasteiger partial charge in [0.25, 0.3) is 0 Å². The normalized spacial score (nSPS) is 13.4. The zero-order valence-electron chi connectivity index (χ0n) is 10.6. The lowest BCUT2D eigenvalue weighted by Gasteiger charge is -2.22. The number of nitrogens with two attached hydrogens (primary N) is 1. The van der Waals surface area contributed by atoms with Crippen LogP contribution < -0.4 is 10.6 Å². The minimum atomic E-state index is -0.393. The molecule has 0 bridgehead atoms. The Labute approximate surface area is 120 Å². The highest BCUT2D eigenvalue weighted by atomic mass is 32.1. The maximum atomic E-state index is 13.4. The van der Waals surface area contributed by atoms with E-state index in [1.807, 2.05) is 4.90 Å². The van der Waals surface area contributed by atoms with Crippen LogP contribution in [0.2, 0.25) is 0 Å². The standard InChI is InChI=1S/C15H12F2N2S/c16-10-3-4-13(12(7-10)15(18)20)19-6-5-9-1-2-11(17)8-14(9)19/h1-4,7-8H,5-6H2,(H2,18,20). The molecule has 0 saturated carbocycles. The van der Waals surface area contributed by atoms with Crippen LogP contribution in [0.1, 0.15) is 11.1 Å². The van der Waals surface area contributed by atoms with Crippen molar-refractivity contribution in [1.29, 1.82) is 0 Å². The van der Waals surface area contributed by atoms with Gasteiger partial charge in [0, 0.05) is 17.8 Å². The van der Waals surface area contributed by atoms with E-state index in [1.54, 1.807) is 12.1 Å². The van der Waals surface area contributed by atoms with Crippen molar-refractivity contribution in [3.63, 3.8) is 0 Å². The highest BCUT2D eigenvalue weighted by molar-refractivity contribution is 7.80. The second-order valence-electron chi connectivity index (χ2n) is 4.70. The van der Waals surface area contributed by atoms with Gasteiger partial charge in [0.2, 0.25) is 0 Å². The number of fused-ring (bicyclic) bond motifs is 1. The molecule has 3 rings (SSSR count). The maximum absolute atomic E-state index is 13.4. The first-order valence-corrected chi connectivity index (χ1v) is 6.62. The highest BCUT2D eigenvalue weighted by Gasteiger charge is 2.23. The van der Waals surface area contributed by atoms with Crippen molar-refractivity contribution in [2.45, 2.75) is 6.42 Å². The van der Waals surface area contributed by atoms with Gasteiger partial charge in [-0.15, -0.1) is 0 Å². The van der Waals surface area contributed by atoms with Gasteiger partial charge in [-0.05, 0) is 42.3 Å². The Bertz CT molecular complexity index is 700. The predicted octanol–water partition coefficient (Wildman–Crippen LogP) is 3.29. The molecule has 0 spiro atoms. The smallest absolute Gasteiger partial charge is 0.125 e. The van der Waals surface area contributed by atoms with E-state index in [0.29, 0.717) is 17.8 Å². The number of nitrogens with zero attached hydrogens (tertiary/aromatic N) is 1. The van der Waals surface area contributed by atoms with E-state index < -0.39 is 5.82 Å². The van der Waals surface area contributed by atoms with Crippen LogP contribution in [-0.4, -0.2) is 11.5 Å². The van der Waals surface area contributed by atoms with Crippen LogP contribution in [0.3, 0.4) is 0 Å². The topological polar surface area (TPSA) is 29.3 Å². The molecule has 1 heterocycles. The van der Waals surface area contributed by atoms with Gasteiger partial charge in [-0.3, -0.25) is 0 Å². The molecular formula is C15H12F2N2S. The van der Waals surface area contributed by atoms with E-state index in [-0.39, 0.29) is 10.8 Å². The molecule has 20 heavy (non-hydrogen) atoms. The Morgan fingerprint density at radius 1 is 1.05 bits per heavy atom. The quantitative estimate of drug-likeness (QED) is 0.861. The Morgan fingerprint density at radius 3 is 2.50 bits per heavy atom. The Kier molecular flexibility index (Phi) is 3.14. The first-order valence-electron chi connectivity index (χ1n) is 6.21. The first-order chi connectivity index (χ1) is 9.56. The molecule has 0 aromatic heterocycles. The summed E-state index contributed by atoms with van der Waals surface area (Å²) in [7, 11) is 0. The van der Waals surface area contributed by atoms with Gasteiger partial charge in [0.15, 0.2) is 0 Å². The molecule has 0 aliphatic carbocycles. The predicted molar refractivity (Wildman–Crippen MR) is 79.4 cm³/mol. The van der Waals surface area contributed by atoms with Gasteiger partial charge < -0.3 is 10.6 Å². The van der Waals surface area contributed by atoms with Crippen LogP contribution >= 0.6 is 12.2 Å². The molecule has 0 radical (unpaired) electrons. The van der Waals surface area contributed by atoms with E-state index in [0.717, 1.165) is 17.7 Å². The Balaban J connectivity index is 2.13. The summed E-state index contributed by atoms with van der Waals surface area (Å²) in [6, 6.07) is 9.00. The number of hydrogen-bond acceptors (Lipinski definition) is 2. The molecule has 0 unspecified atom stereocenters. The molecule has 0 fully saturated rings. The van der Waals surface area contributed by atoms with Crippen molar-refractivity contribution in [3.8, 4) is 0 Å². The first kappa shape index (κ1) is 13.0. The molecule has 1 aliphatic rings. The average Bonchev–Trinajstić information content (AvgIpc) is 2.81. The molecule has 1 aliphatic heterocycles.